The average molecular weight is 1530 g/mol. The van der Waals surface area contributed by atoms with Crippen LogP contribution in [0.3, 0.4) is 0 Å². The first-order valence-corrected chi connectivity index (χ1v) is 42.2. The van der Waals surface area contributed by atoms with Crippen molar-refractivity contribution in [2.45, 2.75) is 273 Å². The SMILES string of the molecule is C=CCc1ccc2c3c1[C@@H](CC)OB3OC(C)CO2.C=Cc1ccc2c3c1[C@@H](CC)OB3OC(C)CO2.CCCc1ccc2c3c1[C@@H](CC)OB3OC(C)CO2.CC[C@H]1OB2OC(C)COc3ccc(C(C)C)c1c32.CC[C@H]1OB2OC(C)COc3ccc(C4CC4)c1c32.CCc1ccc2c3c1[C@@H](CC)OB3OC(C)CO2. The standard InChI is InChI=1S/C15H19BO3.2C15H21BO3.C15H19BO3.C14H19BO3.C14H17BO3/c1-3-12-14-11(10-4-5-10)6-7-13-15(14)16(19-12)18-9(2)8-17-13;1-5-12-14-11(9(2)3)6-7-13-15(14)16(19-12)18-10(4)8-17-13;2*1-4-6-11-7-8-13-15-14(11)12(5-2)19-16(15)18-10(3)9-17-13;2*1-4-10-6-7-12-14-13(10)11(5-2)18-15(14)17-9(3)8-16-12/h6-7,9-10,12H,3-5,8H2,1-2H3;6-7,9-10,12H,5,8H2,1-4H3;7-8,10,12H,4-6,9H2,1-3H3;4,7-8,10,12H,1,5-6,9H2,2-3H3;6-7,9,11H,4-5,8H2,1-3H3;4,6-7,9,11H,1,5,8H2,2-3H3/t9?,12-;3*10?,12-;2*9?,11-/m111111/s1. The van der Waals surface area contributed by atoms with E-state index in [1.54, 1.807) is 0 Å². The predicted octanol–water partition coefficient (Wildman–Crippen LogP) is 14.9. The van der Waals surface area contributed by atoms with E-state index in [1.807, 2.05) is 71.9 Å². The Morgan fingerprint density at radius 1 is 0.348 bits per heavy atom. The van der Waals surface area contributed by atoms with Crippen LogP contribution in [0.2, 0.25) is 0 Å². The van der Waals surface area contributed by atoms with Gasteiger partial charge in [0.05, 0.1) is 73.2 Å². The Kier molecular flexibility index (Phi) is 26.6. The molecule has 6 aromatic carbocycles. The van der Waals surface area contributed by atoms with Crippen molar-refractivity contribution in [1.82, 2.24) is 0 Å². The predicted molar refractivity (Wildman–Crippen MR) is 445 cm³/mol. The number of allylic oxidation sites excluding steroid dienone is 1. The molecule has 13 aliphatic rings. The molecule has 112 heavy (non-hydrogen) atoms. The van der Waals surface area contributed by atoms with E-state index < -0.39 is 0 Å². The van der Waals surface area contributed by atoms with E-state index in [9.17, 15) is 0 Å². The molecular weight excluding hydrogens is 1410 g/mol. The van der Waals surface area contributed by atoms with Gasteiger partial charge in [0.25, 0.3) is 0 Å². The van der Waals surface area contributed by atoms with E-state index in [4.69, 9.17) is 84.3 Å². The lowest BCUT2D eigenvalue weighted by atomic mass is 9.75. The number of rotatable bonds is 14. The van der Waals surface area contributed by atoms with E-state index >= 15 is 0 Å². The van der Waals surface area contributed by atoms with Gasteiger partial charge in [-0.2, -0.15) is 0 Å². The highest BCUT2D eigenvalue weighted by Gasteiger charge is 2.50. The molecule has 0 spiro atoms. The molecule has 19 rings (SSSR count). The van der Waals surface area contributed by atoms with Crippen molar-refractivity contribution in [3.63, 3.8) is 0 Å². The summed E-state index contributed by atoms with van der Waals surface area (Å²) in [5, 5.41) is 0. The van der Waals surface area contributed by atoms with Crippen molar-refractivity contribution in [2.24, 2.45) is 0 Å². The van der Waals surface area contributed by atoms with Gasteiger partial charge in [-0.1, -0.05) is 131 Å². The van der Waals surface area contributed by atoms with Crippen molar-refractivity contribution >= 4 is 81.6 Å². The molecular formula is C88H116B6O18. The first-order chi connectivity index (χ1) is 54.4. The van der Waals surface area contributed by atoms with Crippen LogP contribution < -0.4 is 61.2 Å². The Balaban J connectivity index is 0.000000112. The second kappa shape index (κ2) is 36.4. The monoisotopic (exact) mass is 1530 g/mol. The quantitative estimate of drug-likeness (QED) is 0.0746. The molecule has 0 N–H and O–H groups in total. The molecule has 0 amide bonds. The van der Waals surface area contributed by atoms with Gasteiger partial charge in [0, 0.05) is 32.8 Å². The molecule has 18 nitrogen and oxygen atoms in total. The molecule has 6 aromatic rings. The molecule has 1 aliphatic carbocycles. The third-order valence-electron chi connectivity index (χ3n) is 23.3. The summed E-state index contributed by atoms with van der Waals surface area (Å²) in [5.41, 5.74) is 22.4. The summed E-state index contributed by atoms with van der Waals surface area (Å²) >= 11 is 0. The molecule has 12 atom stereocenters. The molecule has 0 radical (unpaired) electrons. The van der Waals surface area contributed by atoms with Gasteiger partial charge >= 0.3 is 42.7 Å². The lowest BCUT2D eigenvalue weighted by molar-refractivity contribution is 0.0972. The fraction of sp³-hybridized carbons (Fsp3) is 0.545. The van der Waals surface area contributed by atoms with Crippen LogP contribution >= 0.6 is 0 Å². The van der Waals surface area contributed by atoms with Gasteiger partial charge < -0.3 is 84.3 Å². The van der Waals surface area contributed by atoms with E-state index in [2.05, 4.69) is 137 Å². The van der Waals surface area contributed by atoms with Crippen molar-refractivity contribution in [2.75, 3.05) is 39.6 Å². The van der Waals surface area contributed by atoms with Crippen molar-refractivity contribution < 1.29 is 84.3 Å². The number of benzene rings is 6. The summed E-state index contributed by atoms with van der Waals surface area (Å²) < 4.78 is 107. The van der Waals surface area contributed by atoms with Crippen LogP contribution in [-0.2, 0) is 75.1 Å². The Morgan fingerprint density at radius 2 is 0.652 bits per heavy atom. The Bertz CT molecular complexity index is 4230. The summed E-state index contributed by atoms with van der Waals surface area (Å²) in [5.74, 6) is 6.80. The maximum atomic E-state index is 6.13. The summed E-state index contributed by atoms with van der Waals surface area (Å²) in [6.45, 7) is 45.1. The van der Waals surface area contributed by atoms with Crippen LogP contribution in [0.15, 0.2) is 92.0 Å². The highest BCUT2D eigenvalue weighted by molar-refractivity contribution is 6.67. The molecule has 12 aliphatic heterocycles. The maximum Gasteiger partial charge on any atom is 0.498 e. The zero-order valence-corrected chi connectivity index (χ0v) is 69.1. The largest absolute Gasteiger partial charge is 0.498 e. The van der Waals surface area contributed by atoms with E-state index in [0.29, 0.717) is 45.6 Å². The summed E-state index contributed by atoms with van der Waals surface area (Å²) in [6, 6.07) is 25.3. The van der Waals surface area contributed by atoms with E-state index in [0.717, 1.165) is 138 Å². The molecule has 1 saturated carbocycles. The van der Waals surface area contributed by atoms with Gasteiger partial charge in [-0.15, -0.1) is 6.58 Å². The smallest absolute Gasteiger partial charge is 0.491 e. The Labute approximate surface area is 668 Å². The second-order valence-electron chi connectivity index (χ2n) is 32.1. The first-order valence-electron chi connectivity index (χ1n) is 42.2. The maximum absolute atomic E-state index is 6.13. The summed E-state index contributed by atoms with van der Waals surface area (Å²) in [6.07, 6.45) is 17.4. The average Bonchev–Trinajstić information content (AvgIpc) is 1.59. The van der Waals surface area contributed by atoms with Crippen LogP contribution in [0.4, 0.5) is 0 Å². The van der Waals surface area contributed by atoms with Crippen LogP contribution in [0.25, 0.3) is 6.08 Å². The van der Waals surface area contributed by atoms with Crippen LogP contribution in [0.1, 0.15) is 284 Å². The zero-order chi connectivity index (χ0) is 78.8. The second-order valence-corrected chi connectivity index (χ2v) is 32.1. The molecule has 24 heteroatoms. The lowest BCUT2D eigenvalue weighted by Gasteiger charge is -2.19. The zero-order valence-electron chi connectivity index (χ0n) is 69.1. The molecule has 12 heterocycles. The topological polar surface area (TPSA) is 166 Å². The third kappa shape index (κ3) is 16.8. The van der Waals surface area contributed by atoms with Gasteiger partial charge in [-0.25, -0.2) is 0 Å². The van der Waals surface area contributed by atoms with Crippen LogP contribution in [0.5, 0.6) is 34.5 Å². The highest BCUT2D eigenvalue weighted by atomic mass is 16.7. The first kappa shape index (κ1) is 82.1. The molecule has 1 fully saturated rings. The summed E-state index contributed by atoms with van der Waals surface area (Å²) in [7, 11) is -1.56. The normalized spacial score (nSPS) is 25.8. The van der Waals surface area contributed by atoms with Crippen molar-refractivity contribution in [1.29, 1.82) is 0 Å². The molecule has 594 valence electrons. The van der Waals surface area contributed by atoms with Crippen molar-refractivity contribution in [3.8, 4) is 34.5 Å². The van der Waals surface area contributed by atoms with Crippen molar-refractivity contribution in [3.05, 3.63) is 159 Å². The van der Waals surface area contributed by atoms with E-state index in [1.165, 1.54) is 79.5 Å². The fourth-order valence-corrected chi connectivity index (χ4v) is 17.7. The van der Waals surface area contributed by atoms with Crippen LogP contribution in [0, 0.1) is 0 Å². The Hall–Kier alpha value is -6.49. The molecule has 0 saturated heterocycles. The van der Waals surface area contributed by atoms with Gasteiger partial charge in [-0.3, -0.25) is 0 Å². The van der Waals surface area contributed by atoms with Crippen LogP contribution in [-0.4, -0.2) is 119 Å². The molecule has 0 bridgehead atoms. The van der Waals surface area contributed by atoms with E-state index in [-0.39, 0.29) is 116 Å². The lowest BCUT2D eigenvalue weighted by Crippen LogP contribution is -2.34. The third-order valence-corrected chi connectivity index (χ3v) is 23.3. The molecule has 6 unspecified atom stereocenters. The van der Waals surface area contributed by atoms with Gasteiger partial charge in [0.2, 0.25) is 0 Å². The van der Waals surface area contributed by atoms with Gasteiger partial charge in [-0.05, 0) is 227 Å². The molecule has 0 aromatic heterocycles. The fourth-order valence-electron chi connectivity index (χ4n) is 17.7. The van der Waals surface area contributed by atoms with Gasteiger partial charge in [0.15, 0.2) is 0 Å². The van der Waals surface area contributed by atoms with Gasteiger partial charge in [0.1, 0.15) is 74.1 Å². The number of hydrogen-bond acceptors (Lipinski definition) is 18. The minimum atomic E-state index is -0.294. The highest BCUT2D eigenvalue weighted by Crippen LogP contribution is 2.48. The number of hydrogen-bond donors (Lipinski definition) is 0. The Morgan fingerprint density at radius 3 is 1.01 bits per heavy atom. The minimum Gasteiger partial charge on any atom is -0.491 e. The number of ether oxygens (including phenoxy) is 6. The number of aryl methyl sites for hydroxylation is 2. The minimum absolute atomic E-state index is 0.0398. The summed E-state index contributed by atoms with van der Waals surface area (Å²) in [4.78, 5) is 0.